The first-order chi connectivity index (χ1) is 15.0. The minimum atomic E-state index is -0.742. The second kappa shape index (κ2) is 17.6. The molecule has 1 amide bonds. The Morgan fingerprint density at radius 2 is 1.16 bits per heavy atom. The summed E-state index contributed by atoms with van der Waals surface area (Å²) < 4.78 is 0. The Morgan fingerprint density at radius 1 is 0.677 bits per heavy atom. The molecular formula is C24H37NO5S. The average molecular weight is 452 g/mol. The molecule has 31 heavy (non-hydrogen) atoms. The molecule has 0 aromatic heterocycles. The van der Waals surface area contributed by atoms with Crippen LogP contribution in [0, 0.1) is 0 Å². The third kappa shape index (κ3) is 15.4. The van der Waals surface area contributed by atoms with Gasteiger partial charge in [-0.3, -0.25) is 14.4 Å². The van der Waals surface area contributed by atoms with Gasteiger partial charge in [0.15, 0.2) is 0 Å². The Balaban J connectivity index is 2.13. The third-order valence-electron chi connectivity index (χ3n) is 5.00. The van der Waals surface area contributed by atoms with Crippen LogP contribution in [0.25, 0.3) is 0 Å². The molecule has 0 bridgehead atoms. The number of anilines is 1. The fraction of sp³-hybridized carbons (Fsp3) is 0.625. The topological polar surface area (TPSA) is 104 Å². The summed E-state index contributed by atoms with van der Waals surface area (Å²) in [5.41, 5.74) is 0.851. The zero-order valence-electron chi connectivity index (χ0n) is 18.4. The van der Waals surface area contributed by atoms with Crippen molar-refractivity contribution in [2.45, 2.75) is 94.8 Å². The predicted octanol–water partition coefficient (Wildman–Crippen LogP) is 6.35. The predicted molar refractivity (Wildman–Crippen MR) is 126 cm³/mol. The van der Waals surface area contributed by atoms with Gasteiger partial charge in [0.25, 0.3) is 0 Å². The Hall–Kier alpha value is -2.02. The Labute approximate surface area is 190 Å². The second-order valence-corrected chi connectivity index (χ2v) is 8.96. The molecule has 0 heterocycles. The Bertz CT molecular complexity index is 665. The zero-order chi connectivity index (χ0) is 22.7. The molecule has 1 aromatic rings. The van der Waals surface area contributed by atoms with Gasteiger partial charge in [0, 0.05) is 24.2 Å². The van der Waals surface area contributed by atoms with E-state index in [4.69, 9.17) is 10.2 Å². The summed E-state index contributed by atoms with van der Waals surface area (Å²) in [6, 6.07) is 7.82. The number of hydrogen-bond acceptors (Lipinski definition) is 4. The van der Waals surface area contributed by atoms with E-state index in [1.165, 1.54) is 0 Å². The van der Waals surface area contributed by atoms with Gasteiger partial charge >= 0.3 is 11.9 Å². The standard InChI is InChI=1S/C24H37NO5S/c26-22(16-8-5-3-1-2-4-6-9-17-23(27)28)25-20-14-11-12-15-21(20)31-19-13-7-10-18-24(29)30/h11-12,14-15H,1-10,13,16-19H2,(H,25,26)(H,27,28)(H,29,30). The van der Waals surface area contributed by atoms with Gasteiger partial charge in [-0.1, -0.05) is 57.1 Å². The highest BCUT2D eigenvalue weighted by atomic mass is 32.2. The number of rotatable bonds is 19. The molecule has 0 aliphatic carbocycles. The molecule has 7 heteroatoms. The number of carboxylic acids is 2. The van der Waals surface area contributed by atoms with Crippen LogP contribution < -0.4 is 5.32 Å². The lowest BCUT2D eigenvalue weighted by molar-refractivity contribution is -0.138. The molecule has 6 nitrogen and oxygen atoms in total. The number of amides is 1. The normalized spacial score (nSPS) is 10.7. The number of aliphatic carboxylic acids is 2. The molecule has 0 atom stereocenters. The highest BCUT2D eigenvalue weighted by molar-refractivity contribution is 7.99. The van der Waals surface area contributed by atoms with Gasteiger partial charge in [0.1, 0.15) is 0 Å². The maximum Gasteiger partial charge on any atom is 0.303 e. The van der Waals surface area contributed by atoms with Crippen molar-refractivity contribution >= 4 is 35.3 Å². The van der Waals surface area contributed by atoms with E-state index in [2.05, 4.69) is 5.32 Å². The summed E-state index contributed by atoms with van der Waals surface area (Å²) in [5.74, 6) is -0.507. The van der Waals surface area contributed by atoms with Crippen molar-refractivity contribution < 1.29 is 24.6 Å². The minimum absolute atomic E-state index is 0.0446. The lowest BCUT2D eigenvalue weighted by Gasteiger charge is -2.11. The van der Waals surface area contributed by atoms with Gasteiger partial charge < -0.3 is 15.5 Å². The second-order valence-electron chi connectivity index (χ2n) is 7.82. The highest BCUT2D eigenvalue weighted by Gasteiger charge is 2.07. The average Bonchev–Trinajstić information content (AvgIpc) is 2.72. The quantitative estimate of drug-likeness (QED) is 0.167. The molecule has 0 unspecified atom stereocenters. The number of carbonyl (C=O) groups is 3. The highest BCUT2D eigenvalue weighted by Crippen LogP contribution is 2.28. The summed E-state index contributed by atoms with van der Waals surface area (Å²) in [7, 11) is 0. The number of unbranched alkanes of at least 4 members (excludes halogenated alkanes) is 9. The molecule has 0 aliphatic heterocycles. The fourth-order valence-electron chi connectivity index (χ4n) is 3.27. The van der Waals surface area contributed by atoms with E-state index in [-0.39, 0.29) is 18.7 Å². The van der Waals surface area contributed by atoms with Crippen molar-refractivity contribution in [3.8, 4) is 0 Å². The number of benzene rings is 1. The molecule has 0 saturated heterocycles. The zero-order valence-corrected chi connectivity index (χ0v) is 19.3. The number of para-hydroxylation sites is 1. The molecule has 0 spiro atoms. The largest absolute Gasteiger partial charge is 0.481 e. The number of thioether (sulfide) groups is 1. The summed E-state index contributed by atoms with van der Waals surface area (Å²) >= 11 is 1.70. The summed E-state index contributed by atoms with van der Waals surface area (Å²) in [6.07, 6.45) is 11.7. The van der Waals surface area contributed by atoms with Gasteiger partial charge in [-0.2, -0.15) is 0 Å². The van der Waals surface area contributed by atoms with Crippen LogP contribution in [0.15, 0.2) is 29.2 Å². The molecule has 174 valence electrons. The Kier molecular flexibility index (Phi) is 15.4. The lowest BCUT2D eigenvalue weighted by Crippen LogP contribution is -2.11. The van der Waals surface area contributed by atoms with E-state index in [0.717, 1.165) is 80.5 Å². The van der Waals surface area contributed by atoms with E-state index in [9.17, 15) is 14.4 Å². The first-order valence-corrected chi connectivity index (χ1v) is 12.4. The van der Waals surface area contributed by atoms with Crippen molar-refractivity contribution in [3.63, 3.8) is 0 Å². The van der Waals surface area contributed by atoms with Crippen LogP contribution in [-0.2, 0) is 14.4 Å². The molecule has 1 rings (SSSR count). The molecule has 0 fully saturated rings. The molecule has 3 N–H and O–H groups in total. The third-order valence-corrected chi connectivity index (χ3v) is 6.16. The van der Waals surface area contributed by atoms with Crippen LogP contribution in [0.4, 0.5) is 5.69 Å². The van der Waals surface area contributed by atoms with Gasteiger partial charge in [0.05, 0.1) is 5.69 Å². The number of nitrogens with one attached hydrogen (secondary N) is 1. The Morgan fingerprint density at radius 3 is 1.74 bits per heavy atom. The molecule has 0 saturated carbocycles. The number of carbonyl (C=O) groups excluding carboxylic acids is 1. The van der Waals surface area contributed by atoms with E-state index in [1.807, 2.05) is 24.3 Å². The summed E-state index contributed by atoms with van der Waals surface area (Å²) in [5, 5.41) is 20.3. The molecular weight excluding hydrogens is 414 g/mol. The smallest absolute Gasteiger partial charge is 0.303 e. The molecule has 0 radical (unpaired) electrons. The minimum Gasteiger partial charge on any atom is -0.481 e. The van der Waals surface area contributed by atoms with E-state index < -0.39 is 11.9 Å². The SMILES string of the molecule is O=C(O)CCCCCCCCCCC(=O)Nc1ccccc1SCCCCCC(=O)O. The van der Waals surface area contributed by atoms with Crippen LogP contribution in [0.3, 0.4) is 0 Å². The van der Waals surface area contributed by atoms with Crippen molar-refractivity contribution in [1.29, 1.82) is 0 Å². The van der Waals surface area contributed by atoms with Crippen molar-refractivity contribution in [3.05, 3.63) is 24.3 Å². The number of carboxylic acid groups (broad SMARTS) is 2. The van der Waals surface area contributed by atoms with E-state index in [1.54, 1.807) is 11.8 Å². The molecule has 0 aliphatic rings. The first kappa shape index (κ1) is 27.0. The van der Waals surface area contributed by atoms with Crippen LogP contribution in [0.1, 0.15) is 89.9 Å². The van der Waals surface area contributed by atoms with E-state index >= 15 is 0 Å². The number of hydrogen-bond donors (Lipinski definition) is 3. The first-order valence-electron chi connectivity index (χ1n) is 11.4. The van der Waals surface area contributed by atoms with Gasteiger partial charge in [-0.25, -0.2) is 0 Å². The van der Waals surface area contributed by atoms with Gasteiger partial charge in [0.2, 0.25) is 5.91 Å². The maximum absolute atomic E-state index is 12.3. The van der Waals surface area contributed by atoms with Crippen LogP contribution in [0.5, 0.6) is 0 Å². The van der Waals surface area contributed by atoms with Crippen molar-refractivity contribution in [2.24, 2.45) is 0 Å². The lowest BCUT2D eigenvalue weighted by atomic mass is 10.1. The molecule has 1 aromatic carbocycles. The van der Waals surface area contributed by atoms with Crippen LogP contribution in [0.2, 0.25) is 0 Å². The maximum atomic E-state index is 12.3. The van der Waals surface area contributed by atoms with E-state index in [0.29, 0.717) is 12.8 Å². The van der Waals surface area contributed by atoms with Crippen LogP contribution in [-0.4, -0.2) is 33.8 Å². The fourth-order valence-corrected chi connectivity index (χ4v) is 4.29. The van der Waals surface area contributed by atoms with Crippen molar-refractivity contribution in [2.75, 3.05) is 11.1 Å². The summed E-state index contributed by atoms with van der Waals surface area (Å²) in [6.45, 7) is 0. The summed E-state index contributed by atoms with van der Waals surface area (Å²) in [4.78, 5) is 34.3. The van der Waals surface area contributed by atoms with Gasteiger partial charge in [-0.05, 0) is 43.6 Å². The van der Waals surface area contributed by atoms with Gasteiger partial charge in [-0.15, -0.1) is 11.8 Å². The van der Waals surface area contributed by atoms with Crippen molar-refractivity contribution in [1.82, 2.24) is 0 Å². The van der Waals surface area contributed by atoms with Crippen LogP contribution >= 0.6 is 11.8 Å². The monoisotopic (exact) mass is 451 g/mol.